The van der Waals surface area contributed by atoms with E-state index in [1.54, 1.807) is 24.3 Å². The van der Waals surface area contributed by atoms with Gasteiger partial charge in [-0.15, -0.1) is 0 Å². The Balaban J connectivity index is 2.22. The number of nitrogens with two attached hydrogens (primary N) is 1. The van der Waals surface area contributed by atoms with Crippen molar-refractivity contribution in [3.8, 4) is 5.69 Å². The molecule has 0 saturated heterocycles. The highest BCUT2D eigenvalue weighted by Crippen LogP contribution is 2.39. The molecule has 1 aliphatic carbocycles. The second-order valence-electron chi connectivity index (χ2n) is 4.95. The van der Waals surface area contributed by atoms with Gasteiger partial charge in [0.15, 0.2) is 5.69 Å². The van der Waals surface area contributed by atoms with E-state index < -0.39 is 17.9 Å². The van der Waals surface area contributed by atoms with Gasteiger partial charge in [0.2, 0.25) is 0 Å². The highest BCUT2D eigenvalue weighted by atomic mass is 19.4. The van der Waals surface area contributed by atoms with Crippen LogP contribution < -0.4 is 5.73 Å². The lowest BCUT2D eigenvalue weighted by Gasteiger charge is -2.20. The number of hydrogen-bond donors (Lipinski definition) is 1. The number of aromatic nitrogens is 2. The van der Waals surface area contributed by atoms with Gasteiger partial charge < -0.3 is 5.73 Å². The van der Waals surface area contributed by atoms with Crippen molar-refractivity contribution in [1.82, 2.24) is 9.78 Å². The minimum atomic E-state index is -4.47. The third kappa shape index (κ3) is 2.10. The molecular weight excluding hydrogens is 267 g/mol. The van der Waals surface area contributed by atoms with Gasteiger partial charge in [0.25, 0.3) is 0 Å². The summed E-state index contributed by atoms with van der Waals surface area (Å²) in [6, 6.07) is 8.27. The van der Waals surface area contributed by atoms with Crippen LogP contribution in [0, 0.1) is 0 Å². The molecule has 106 valence electrons. The van der Waals surface area contributed by atoms with E-state index in [-0.39, 0.29) is 5.56 Å². The lowest BCUT2D eigenvalue weighted by molar-refractivity contribution is -0.142. The summed E-state index contributed by atoms with van der Waals surface area (Å²) >= 11 is 0. The number of rotatable bonds is 1. The van der Waals surface area contributed by atoms with Gasteiger partial charge in [0.05, 0.1) is 5.69 Å². The van der Waals surface area contributed by atoms with Crippen molar-refractivity contribution in [3.63, 3.8) is 0 Å². The number of fused-ring (bicyclic) bond motifs is 1. The number of benzene rings is 1. The number of alkyl halides is 3. The number of halogens is 3. The van der Waals surface area contributed by atoms with E-state index in [2.05, 4.69) is 5.10 Å². The van der Waals surface area contributed by atoms with Crippen LogP contribution in [0.5, 0.6) is 0 Å². The molecule has 0 saturated carbocycles. The molecule has 1 aromatic heterocycles. The Kier molecular flexibility index (Phi) is 3.05. The van der Waals surface area contributed by atoms with Gasteiger partial charge in [-0.05, 0) is 31.4 Å². The molecular formula is C14H14F3N3. The summed E-state index contributed by atoms with van der Waals surface area (Å²) in [5, 5.41) is 3.80. The Bertz CT molecular complexity index is 617. The van der Waals surface area contributed by atoms with E-state index in [1.807, 2.05) is 6.07 Å². The van der Waals surface area contributed by atoms with Crippen LogP contribution in [-0.4, -0.2) is 9.78 Å². The maximum atomic E-state index is 13.1. The normalized spacial score (nSPS) is 18.9. The maximum Gasteiger partial charge on any atom is 0.435 e. The van der Waals surface area contributed by atoms with Crippen molar-refractivity contribution in [2.24, 2.45) is 5.73 Å². The molecule has 20 heavy (non-hydrogen) atoms. The van der Waals surface area contributed by atoms with E-state index in [9.17, 15) is 13.2 Å². The van der Waals surface area contributed by atoms with E-state index in [0.717, 1.165) is 6.42 Å². The molecule has 1 unspecified atom stereocenters. The Hall–Kier alpha value is -1.82. The lowest BCUT2D eigenvalue weighted by atomic mass is 9.91. The quantitative estimate of drug-likeness (QED) is 0.872. The summed E-state index contributed by atoms with van der Waals surface area (Å²) in [5.74, 6) is 0. The monoisotopic (exact) mass is 281 g/mol. The summed E-state index contributed by atoms with van der Waals surface area (Å²) in [4.78, 5) is 0. The second kappa shape index (κ2) is 4.63. The summed E-state index contributed by atoms with van der Waals surface area (Å²) in [5.41, 5.74) is 6.42. The zero-order valence-electron chi connectivity index (χ0n) is 10.7. The number of para-hydroxylation sites is 1. The predicted molar refractivity (Wildman–Crippen MR) is 68.4 cm³/mol. The van der Waals surface area contributed by atoms with E-state index in [0.29, 0.717) is 24.2 Å². The van der Waals surface area contributed by atoms with Crippen LogP contribution in [0.15, 0.2) is 30.3 Å². The van der Waals surface area contributed by atoms with Crippen LogP contribution in [0.1, 0.15) is 35.8 Å². The van der Waals surface area contributed by atoms with Crippen LogP contribution in [0.2, 0.25) is 0 Å². The zero-order chi connectivity index (χ0) is 14.3. The van der Waals surface area contributed by atoms with Crippen LogP contribution in [0.4, 0.5) is 13.2 Å². The molecule has 0 fully saturated rings. The van der Waals surface area contributed by atoms with Crippen molar-refractivity contribution in [2.45, 2.75) is 31.5 Å². The molecule has 1 atom stereocenters. The summed E-state index contributed by atoms with van der Waals surface area (Å²) in [6.07, 6.45) is -2.55. The van der Waals surface area contributed by atoms with Gasteiger partial charge in [-0.25, -0.2) is 4.68 Å². The van der Waals surface area contributed by atoms with Crippen molar-refractivity contribution in [3.05, 3.63) is 47.3 Å². The first kappa shape index (κ1) is 13.2. The van der Waals surface area contributed by atoms with Crippen LogP contribution >= 0.6 is 0 Å². The topological polar surface area (TPSA) is 43.8 Å². The molecule has 3 rings (SSSR count). The molecule has 2 aromatic rings. The molecule has 1 aliphatic rings. The second-order valence-corrected chi connectivity index (χ2v) is 4.95. The largest absolute Gasteiger partial charge is 0.435 e. The Labute approximate surface area is 114 Å². The summed E-state index contributed by atoms with van der Waals surface area (Å²) in [7, 11) is 0. The first-order valence-corrected chi connectivity index (χ1v) is 6.48. The van der Waals surface area contributed by atoms with Gasteiger partial charge >= 0.3 is 6.18 Å². The van der Waals surface area contributed by atoms with E-state index in [4.69, 9.17) is 5.73 Å². The molecule has 0 spiro atoms. The third-order valence-corrected chi connectivity index (χ3v) is 3.59. The van der Waals surface area contributed by atoms with Gasteiger partial charge in [0, 0.05) is 17.3 Å². The van der Waals surface area contributed by atoms with Crippen molar-refractivity contribution in [2.75, 3.05) is 0 Å². The summed E-state index contributed by atoms with van der Waals surface area (Å²) in [6.45, 7) is 0. The third-order valence-electron chi connectivity index (χ3n) is 3.59. The fourth-order valence-electron chi connectivity index (χ4n) is 2.72. The fraction of sp³-hybridized carbons (Fsp3) is 0.357. The number of hydrogen-bond acceptors (Lipinski definition) is 2. The standard InChI is InChI=1S/C14H14F3N3/c15-14(16,17)13-12-10(18)7-4-8-11(12)20(19-13)9-5-2-1-3-6-9/h1-3,5-6,10H,4,7-8,18H2. The molecule has 0 radical (unpaired) electrons. The lowest BCUT2D eigenvalue weighted by Crippen LogP contribution is -2.21. The number of nitrogens with zero attached hydrogens (tertiary/aromatic N) is 2. The average Bonchev–Trinajstić information content (AvgIpc) is 2.81. The Morgan fingerprint density at radius 3 is 2.55 bits per heavy atom. The maximum absolute atomic E-state index is 13.1. The molecule has 6 heteroatoms. The van der Waals surface area contributed by atoms with Crippen molar-refractivity contribution in [1.29, 1.82) is 0 Å². The van der Waals surface area contributed by atoms with Gasteiger partial charge in [-0.2, -0.15) is 18.3 Å². The van der Waals surface area contributed by atoms with Gasteiger partial charge in [0.1, 0.15) is 0 Å². The molecule has 1 aromatic carbocycles. The molecule has 2 N–H and O–H groups in total. The molecule has 1 heterocycles. The molecule has 0 amide bonds. The minimum absolute atomic E-state index is 0.160. The highest BCUT2D eigenvalue weighted by molar-refractivity contribution is 5.41. The van der Waals surface area contributed by atoms with E-state index in [1.165, 1.54) is 4.68 Å². The van der Waals surface area contributed by atoms with Crippen LogP contribution in [0.3, 0.4) is 0 Å². The molecule has 0 aliphatic heterocycles. The van der Waals surface area contributed by atoms with Crippen molar-refractivity contribution < 1.29 is 13.2 Å². The van der Waals surface area contributed by atoms with Crippen LogP contribution in [-0.2, 0) is 12.6 Å². The Morgan fingerprint density at radius 2 is 1.90 bits per heavy atom. The molecule has 3 nitrogen and oxygen atoms in total. The first-order chi connectivity index (χ1) is 9.48. The first-order valence-electron chi connectivity index (χ1n) is 6.48. The Morgan fingerprint density at radius 1 is 1.20 bits per heavy atom. The van der Waals surface area contributed by atoms with E-state index >= 15 is 0 Å². The highest BCUT2D eigenvalue weighted by Gasteiger charge is 2.41. The summed E-state index contributed by atoms with van der Waals surface area (Å²) < 4.78 is 40.8. The fourth-order valence-corrected chi connectivity index (χ4v) is 2.72. The SMILES string of the molecule is NC1CCCc2c1c(C(F)(F)F)nn2-c1ccccc1. The van der Waals surface area contributed by atoms with Crippen molar-refractivity contribution >= 4 is 0 Å². The zero-order valence-corrected chi connectivity index (χ0v) is 10.7. The predicted octanol–water partition coefficient (Wildman–Crippen LogP) is 3.23. The van der Waals surface area contributed by atoms with Gasteiger partial charge in [-0.1, -0.05) is 18.2 Å². The molecule has 0 bridgehead atoms. The van der Waals surface area contributed by atoms with Crippen LogP contribution in [0.25, 0.3) is 5.69 Å². The smallest absolute Gasteiger partial charge is 0.324 e. The minimum Gasteiger partial charge on any atom is -0.324 e. The average molecular weight is 281 g/mol. The van der Waals surface area contributed by atoms with Gasteiger partial charge in [-0.3, -0.25) is 0 Å².